The van der Waals surface area contributed by atoms with Gasteiger partial charge in [-0.25, -0.2) is 4.79 Å². The zero-order chi connectivity index (χ0) is 13.1. The highest BCUT2D eigenvalue weighted by atomic mass is 16.2. The van der Waals surface area contributed by atoms with E-state index in [4.69, 9.17) is 0 Å². The number of hydrogen-bond donors (Lipinski definition) is 2. The first kappa shape index (κ1) is 13.3. The minimum atomic E-state index is -1.45. The van der Waals surface area contributed by atoms with Gasteiger partial charge >= 0.3 is 6.03 Å². The molecule has 1 atom stereocenters. The lowest BCUT2D eigenvalue weighted by atomic mass is 9.70. The Balaban J connectivity index is 3.11. The topological polar surface area (TPSA) is 92.3 Å². The number of imide groups is 2. The lowest BCUT2D eigenvalue weighted by molar-refractivity contribution is -0.150. The molecular formula is C11H16N2O4. The number of amides is 4. The largest absolute Gasteiger partial charge is 0.328 e. The lowest BCUT2D eigenvalue weighted by Gasteiger charge is -2.37. The number of nitrogens with one attached hydrogen (secondary N) is 2. The van der Waals surface area contributed by atoms with Crippen molar-refractivity contribution in [2.45, 2.75) is 33.1 Å². The van der Waals surface area contributed by atoms with Crippen molar-refractivity contribution in [2.24, 2.45) is 11.3 Å². The van der Waals surface area contributed by atoms with Crippen molar-refractivity contribution < 1.29 is 19.2 Å². The molecule has 0 spiro atoms. The molecule has 1 aliphatic rings. The van der Waals surface area contributed by atoms with Crippen LogP contribution in [0.5, 0.6) is 0 Å². The fraction of sp³-hybridized carbons (Fsp3) is 0.636. The Morgan fingerprint density at radius 1 is 1.24 bits per heavy atom. The standard InChI is InChI=1S/C11H16N2O4/c1-3-4-7(2)11(5-6-14)8(15)12-10(17)13-9(11)16/h6-7H,3-5H2,1-2H3,(H2,12,13,15,16,17). The minimum Gasteiger partial charge on any atom is -0.303 e. The van der Waals surface area contributed by atoms with Crippen LogP contribution in [-0.2, 0) is 14.4 Å². The van der Waals surface area contributed by atoms with Crippen LogP contribution < -0.4 is 10.6 Å². The van der Waals surface area contributed by atoms with Crippen molar-refractivity contribution in [1.29, 1.82) is 0 Å². The molecule has 0 aliphatic carbocycles. The highest BCUT2D eigenvalue weighted by molar-refractivity contribution is 6.20. The number of urea groups is 1. The van der Waals surface area contributed by atoms with Crippen LogP contribution in [0, 0.1) is 11.3 Å². The summed E-state index contributed by atoms with van der Waals surface area (Å²) in [6.45, 7) is 3.66. The fourth-order valence-electron chi connectivity index (χ4n) is 2.21. The predicted molar refractivity (Wildman–Crippen MR) is 58.9 cm³/mol. The second-order valence-electron chi connectivity index (χ2n) is 4.27. The highest BCUT2D eigenvalue weighted by Gasteiger charge is 2.53. The Labute approximate surface area is 99.1 Å². The van der Waals surface area contributed by atoms with Crippen LogP contribution in [0.25, 0.3) is 0 Å². The van der Waals surface area contributed by atoms with Gasteiger partial charge in [0.05, 0.1) is 0 Å². The van der Waals surface area contributed by atoms with Crippen molar-refractivity contribution in [2.75, 3.05) is 0 Å². The molecule has 2 N–H and O–H groups in total. The Kier molecular flexibility index (Phi) is 3.98. The molecule has 4 amide bonds. The zero-order valence-corrected chi connectivity index (χ0v) is 9.91. The molecule has 6 heteroatoms. The number of carbonyl (C=O) groups excluding carboxylic acids is 4. The first-order valence-electron chi connectivity index (χ1n) is 5.59. The van der Waals surface area contributed by atoms with E-state index in [2.05, 4.69) is 10.6 Å². The van der Waals surface area contributed by atoms with Gasteiger partial charge in [0.2, 0.25) is 11.8 Å². The van der Waals surface area contributed by atoms with Crippen LogP contribution >= 0.6 is 0 Å². The van der Waals surface area contributed by atoms with Gasteiger partial charge in [0.15, 0.2) is 0 Å². The Bertz CT molecular complexity index is 344. The van der Waals surface area contributed by atoms with Crippen LogP contribution in [0.15, 0.2) is 0 Å². The van der Waals surface area contributed by atoms with Gasteiger partial charge in [0.1, 0.15) is 11.7 Å². The van der Waals surface area contributed by atoms with E-state index in [-0.39, 0.29) is 12.3 Å². The minimum absolute atomic E-state index is 0.209. The molecule has 0 bridgehead atoms. The van der Waals surface area contributed by atoms with Crippen molar-refractivity contribution in [3.63, 3.8) is 0 Å². The Morgan fingerprint density at radius 2 is 1.76 bits per heavy atom. The summed E-state index contributed by atoms with van der Waals surface area (Å²) in [5.41, 5.74) is -1.45. The highest BCUT2D eigenvalue weighted by Crippen LogP contribution is 2.36. The molecule has 94 valence electrons. The van der Waals surface area contributed by atoms with E-state index in [9.17, 15) is 19.2 Å². The van der Waals surface area contributed by atoms with Gasteiger partial charge in [-0.3, -0.25) is 20.2 Å². The molecule has 1 fully saturated rings. The summed E-state index contributed by atoms with van der Waals surface area (Å²) in [5.74, 6) is -1.66. The van der Waals surface area contributed by atoms with E-state index in [1.807, 2.05) is 6.92 Å². The summed E-state index contributed by atoms with van der Waals surface area (Å²) in [7, 11) is 0. The van der Waals surface area contributed by atoms with Gasteiger partial charge in [-0.15, -0.1) is 0 Å². The van der Waals surface area contributed by atoms with Crippen molar-refractivity contribution in [3.05, 3.63) is 0 Å². The second kappa shape index (κ2) is 5.07. The summed E-state index contributed by atoms with van der Waals surface area (Å²) in [6, 6.07) is -0.828. The number of carbonyl (C=O) groups is 4. The third kappa shape index (κ3) is 2.20. The van der Waals surface area contributed by atoms with E-state index >= 15 is 0 Å². The molecule has 17 heavy (non-hydrogen) atoms. The first-order valence-corrected chi connectivity index (χ1v) is 5.59. The molecule has 0 aromatic rings. The monoisotopic (exact) mass is 240 g/mol. The van der Waals surface area contributed by atoms with Crippen molar-refractivity contribution >= 4 is 24.1 Å². The average Bonchev–Trinajstić information content (AvgIpc) is 2.23. The molecule has 0 saturated carbocycles. The average molecular weight is 240 g/mol. The van der Waals surface area contributed by atoms with Gasteiger partial charge in [-0.05, 0) is 12.3 Å². The van der Waals surface area contributed by atoms with Crippen molar-refractivity contribution in [3.8, 4) is 0 Å². The van der Waals surface area contributed by atoms with Crippen LogP contribution in [0.3, 0.4) is 0 Å². The third-order valence-electron chi connectivity index (χ3n) is 3.23. The molecule has 1 rings (SSSR count). The maximum Gasteiger partial charge on any atom is 0.328 e. The van der Waals surface area contributed by atoms with Gasteiger partial charge in [0.25, 0.3) is 0 Å². The molecule has 1 saturated heterocycles. The summed E-state index contributed by atoms with van der Waals surface area (Å²) >= 11 is 0. The van der Waals surface area contributed by atoms with Gasteiger partial charge in [-0.1, -0.05) is 20.3 Å². The van der Waals surface area contributed by atoms with E-state index in [1.165, 1.54) is 0 Å². The maximum absolute atomic E-state index is 11.9. The van der Waals surface area contributed by atoms with E-state index < -0.39 is 23.3 Å². The number of barbiturate groups is 1. The zero-order valence-electron chi connectivity index (χ0n) is 9.91. The Morgan fingerprint density at radius 3 is 2.18 bits per heavy atom. The lowest BCUT2D eigenvalue weighted by Crippen LogP contribution is -2.64. The normalized spacial score (nSPS) is 20.5. The SMILES string of the molecule is CCCC(C)C1(CC=O)C(=O)NC(=O)NC1=O. The summed E-state index contributed by atoms with van der Waals surface area (Å²) in [6.07, 6.45) is 1.75. The fourth-order valence-corrected chi connectivity index (χ4v) is 2.21. The molecule has 1 heterocycles. The maximum atomic E-state index is 11.9. The summed E-state index contributed by atoms with van der Waals surface area (Å²) in [4.78, 5) is 45.5. The summed E-state index contributed by atoms with van der Waals surface area (Å²) in [5, 5.41) is 4.11. The van der Waals surface area contributed by atoms with Gasteiger partial charge < -0.3 is 4.79 Å². The van der Waals surface area contributed by atoms with Gasteiger partial charge in [-0.2, -0.15) is 0 Å². The molecule has 0 radical (unpaired) electrons. The quantitative estimate of drug-likeness (QED) is 0.536. The smallest absolute Gasteiger partial charge is 0.303 e. The number of hydrogen-bond acceptors (Lipinski definition) is 4. The third-order valence-corrected chi connectivity index (χ3v) is 3.23. The van der Waals surface area contributed by atoms with Gasteiger partial charge in [0, 0.05) is 6.42 Å². The first-order chi connectivity index (χ1) is 7.98. The molecule has 6 nitrogen and oxygen atoms in total. The Hall–Kier alpha value is -1.72. The second-order valence-corrected chi connectivity index (χ2v) is 4.27. The van der Waals surface area contributed by atoms with Crippen LogP contribution in [-0.4, -0.2) is 24.1 Å². The molecule has 1 unspecified atom stereocenters. The molecular weight excluding hydrogens is 224 g/mol. The van der Waals surface area contributed by atoms with Crippen LogP contribution in [0.1, 0.15) is 33.1 Å². The van der Waals surface area contributed by atoms with E-state index in [1.54, 1.807) is 6.92 Å². The van der Waals surface area contributed by atoms with Crippen LogP contribution in [0.2, 0.25) is 0 Å². The number of aldehydes is 1. The molecule has 0 aromatic heterocycles. The van der Waals surface area contributed by atoms with Crippen LogP contribution in [0.4, 0.5) is 4.79 Å². The van der Waals surface area contributed by atoms with E-state index in [0.717, 1.165) is 6.42 Å². The molecule has 0 aromatic carbocycles. The summed E-state index contributed by atoms with van der Waals surface area (Å²) < 4.78 is 0. The molecule has 1 aliphatic heterocycles. The predicted octanol–water partition coefficient (Wildman–Crippen LogP) is 0.364. The number of rotatable bonds is 5. The van der Waals surface area contributed by atoms with E-state index in [0.29, 0.717) is 12.7 Å². The van der Waals surface area contributed by atoms with Crippen molar-refractivity contribution in [1.82, 2.24) is 10.6 Å².